The number of benzene rings is 1. The normalized spacial score (nSPS) is 21.2. The zero-order valence-corrected chi connectivity index (χ0v) is 14.9. The topological polar surface area (TPSA) is 50.8 Å². The first-order chi connectivity index (χ1) is 11.5. The van der Waals surface area contributed by atoms with E-state index in [0.29, 0.717) is 32.8 Å². The highest BCUT2D eigenvalue weighted by atomic mass is 16.7. The molecule has 2 aliphatic heterocycles. The maximum Gasteiger partial charge on any atom is 0.236 e. The third kappa shape index (κ3) is 3.63. The van der Waals surface area contributed by atoms with Crippen LogP contribution in [-0.2, 0) is 14.3 Å². The highest BCUT2D eigenvalue weighted by Gasteiger charge is 2.40. The molecule has 2 heterocycles. The summed E-state index contributed by atoms with van der Waals surface area (Å²) in [7, 11) is 0. The minimum absolute atomic E-state index is 0.153. The van der Waals surface area contributed by atoms with Crippen LogP contribution in [0.5, 0.6) is 0 Å². The van der Waals surface area contributed by atoms with Crippen molar-refractivity contribution < 1.29 is 14.3 Å². The zero-order chi connectivity index (χ0) is 17.2. The summed E-state index contributed by atoms with van der Waals surface area (Å²) in [5, 5.41) is 3.37. The number of likely N-dealkylation sites (tertiary alicyclic amines) is 1. The predicted octanol–water partition coefficient (Wildman–Crippen LogP) is 2.32. The van der Waals surface area contributed by atoms with E-state index in [-0.39, 0.29) is 11.9 Å². The molecule has 1 aromatic carbocycles. The Kier molecular flexibility index (Phi) is 5.23. The van der Waals surface area contributed by atoms with Gasteiger partial charge >= 0.3 is 0 Å². The number of hydrogen-bond acceptors (Lipinski definition) is 4. The highest BCUT2D eigenvalue weighted by molar-refractivity contribution is 5.78. The average molecular weight is 332 g/mol. The second-order valence-corrected chi connectivity index (χ2v) is 6.88. The second kappa shape index (κ2) is 7.21. The lowest BCUT2D eigenvalue weighted by Gasteiger charge is -2.37. The number of ether oxygens (including phenoxy) is 2. The Morgan fingerprint density at radius 3 is 2.58 bits per heavy atom. The average Bonchev–Trinajstić information content (AvgIpc) is 3.03. The van der Waals surface area contributed by atoms with Crippen LogP contribution >= 0.6 is 0 Å². The van der Waals surface area contributed by atoms with Gasteiger partial charge in [0.25, 0.3) is 0 Å². The van der Waals surface area contributed by atoms with Gasteiger partial charge in [-0.25, -0.2) is 0 Å². The molecule has 1 atom stereocenters. The minimum atomic E-state index is -0.420. The van der Waals surface area contributed by atoms with E-state index in [1.54, 1.807) is 0 Å². The third-order valence-electron chi connectivity index (χ3n) is 5.36. The minimum Gasteiger partial charge on any atom is -0.347 e. The van der Waals surface area contributed by atoms with Crippen molar-refractivity contribution in [3.05, 3.63) is 34.9 Å². The molecule has 1 spiro atoms. The summed E-state index contributed by atoms with van der Waals surface area (Å²) in [5.41, 5.74) is 3.83. The molecule has 2 aliphatic rings. The largest absolute Gasteiger partial charge is 0.347 e. The summed E-state index contributed by atoms with van der Waals surface area (Å²) >= 11 is 0. The number of rotatable bonds is 4. The molecule has 24 heavy (non-hydrogen) atoms. The summed E-state index contributed by atoms with van der Waals surface area (Å²) < 4.78 is 11.4. The molecule has 0 saturated carbocycles. The number of carbonyl (C=O) groups excluding carboxylic acids is 1. The first-order valence-corrected chi connectivity index (χ1v) is 8.86. The molecular formula is C19H28N2O3. The number of hydrogen-bond donors (Lipinski definition) is 1. The van der Waals surface area contributed by atoms with Crippen LogP contribution in [0.25, 0.3) is 0 Å². The summed E-state index contributed by atoms with van der Waals surface area (Å²) in [5.74, 6) is -0.268. The van der Waals surface area contributed by atoms with Gasteiger partial charge in [0.05, 0.1) is 19.8 Å². The number of nitrogens with one attached hydrogen (secondary N) is 1. The van der Waals surface area contributed by atoms with Gasteiger partial charge in [-0.3, -0.25) is 4.79 Å². The van der Waals surface area contributed by atoms with E-state index < -0.39 is 5.79 Å². The van der Waals surface area contributed by atoms with Gasteiger partial charge < -0.3 is 19.7 Å². The number of nitrogens with zero attached hydrogens (tertiary/aromatic N) is 1. The molecule has 0 aliphatic carbocycles. The van der Waals surface area contributed by atoms with Crippen molar-refractivity contribution >= 4 is 5.91 Å². The zero-order valence-electron chi connectivity index (χ0n) is 14.9. The molecule has 1 amide bonds. The van der Waals surface area contributed by atoms with E-state index in [2.05, 4.69) is 44.3 Å². The number of amides is 1. The standard InChI is InChI=1S/C19H28N2O3/c1-14-5-4-6-17(15(14)2)16(3)20-13-18(22)21-9-7-19(8-10-21)23-11-12-24-19/h4-6,16,20H,7-13H2,1-3H3/t16-/m1/s1. The number of carbonyl (C=O) groups is 1. The van der Waals surface area contributed by atoms with Gasteiger partial charge in [0.15, 0.2) is 5.79 Å². The van der Waals surface area contributed by atoms with E-state index >= 15 is 0 Å². The monoisotopic (exact) mass is 332 g/mol. The van der Waals surface area contributed by atoms with Gasteiger partial charge in [0.2, 0.25) is 5.91 Å². The molecule has 2 saturated heterocycles. The highest BCUT2D eigenvalue weighted by Crippen LogP contribution is 2.31. The maximum atomic E-state index is 12.5. The molecule has 2 fully saturated rings. The fourth-order valence-corrected chi connectivity index (χ4v) is 3.59. The van der Waals surface area contributed by atoms with Gasteiger partial charge in [-0.05, 0) is 37.5 Å². The van der Waals surface area contributed by atoms with E-state index in [4.69, 9.17) is 9.47 Å². The van der Waals surface area contributed by atoms with Crippen LogP contribution in [0.15, 0.2) is 18.2 Å². The van der Waals surface area contributed by atoms with Gasteiger partial charge in [-0.1, -0.05) is 18.2 Å². The Labute approximate surface area is 144 Å². The molecule has 5 heteroatoms. The van der Waals surface area contributed by atoms with Gasteiger partial charge in [0.1, 0.15) is 0 Å². The van der Waals surface area contributed by atoms with Crippen molar-refractivity contribution in [1.29, 1.82) is 0 Å². The summed E-state index contributed by atoms with van der Waals surface area (Å²) in [6.07, 6.45) is 1.54. The molecule has 0 aromatic heterocycles. The fourth-order valence-electron chi connectivity index (χ4n) is 3.59. The van der Waals surface area contributed by atoms with Crippen LogP contribution in [0.2, 0.25) is 0 Å². The quantitative estimate of drug-likeness (QED) is 0.919. The Morgan fingerprint density at radius 2 is 1.92 bits per heavy atom. The Hall–Kier alpha value is -1.43. The van der Waals surface area contributed by atoms with Crippen molar-refractivity contribution in [2.45, 2.75) is 45.4 Å². The lowest BCUT2D eigenvalue weighted by atomic mass is 9.98. The van der Waals surface area contributed by atoms with Gasteiger partial charge in [0, 0.05) is 32.0 Å². The van der Waals surface area contributed by atoms with Crippen LogP contribution in [0.4, 0.5) is 0 Å². The first kappa shape index (κ1) is 17.4. The number of aryl methyl sites for hydroxylation is 1. The maximum absolute atomic E-state index is 12.5. The molecule has 0 unspecified atom stereocenters. The van der Waals surface area contributed by atoms with Crippen molar-refractivity contribution in [1.82, 2.24) is 10.2 Å². The van der Waals surface area contributed by atoms with Crippen molar-refractivity contribution in [2.24, 2.45) is 0 Å². The van der Waals surface area contributed by atoms with Crippen molar-refractivity contribution in [3.63, 3.8) is 0 Å². The van der Waals surface area contributed by atoms with Crippen LogP contribution in [0.1, 0.15) is 42.5 Å². The lowest BCUT2D eigenvalue weighted by molar-refractivity contribution is -0.187. The molecule has 3 rings (SSSR count). The molecular weight excluding hydrogens is 304 g/mol. The molecule has 0 bridgehead atoms. The van der Waals surface area contributed by atoms with Gasteiger partial charge in [-0.2, -0.15) is 0 Å². The van der Waals surface area contributed by atoms with Crippen LogP contribution in [0.3, 0.4) is 0 Å². The molecule has 5 nitrogen and oxygen atoms in total. The van der Waals surface area contributed by atoms with Crippen molar-refractivity contribution in [3.8, 4) is 0 Å². The summed E-state index contributed by atoms with van der Waals surface area (Å²) in [6, 6.07) is 6.48. The van der Waals surface area contributed by atoms with E-state index in [1.165, 1.54) is 16.7 Å². The van der Waals surface area contributed by atoms with E-state index in [0.717, 1.165) is 12.8 Å². The van der Waals surface area contributed by atoms with Crippen LogP contribution in [0, 0.1) is 13.8 Å². The lowest BCUT2D eigenvalue weighted by Crippen LogP contribution is -2.49. The van der Waals surface area contributed by atoms with Crippen LogP contribution < -0.4 is 5.32 Å². The Morgan fingerprint density at radius 1 is 1.25 bits per heavy atom. The summed E-state index contributed by atoms with van der Waals surface area (Å²) in [4.78, 5) is 14.4. The third-order valence-corrected chi connectivity index (χ3v) is 5.36. The van der Waals surface area contributed by atoms with Crippen molar-refractivity contribution in [2.75, 3.05) is 32.8 Å². The summed E-state index contributed by atoms with van der Waals surface area (Å²) in [6.45, 7) is 9.48. The van der Waals surface area contributed by atoms with Crippen LogP contribution in [-0.4, -0.2) is 49.4 Å². The first-order valence-electron chi connectivity index (χ1n) is 8.86. The van der Waals surface area contributed by atoms with Gasteiger partial charge in [-0.15, -0.1) is 0 Å². The molecule has 1 N–H and O–H groups in total. The SMILES string of the molecule is Cc1cccc([C@@H](C)NCC(=O)N2CCC3(CC2)OCCO3)c1C. The Bertz CT molecular complexity index is 586. The smallest absolute Gasteiger partial charge is 0.236 e. The Balaban J connectivity index is 1.50. The molecule has 132 valence electrons. The van der Waals surface area contributed by atoms with E-state index in [1.807, 2.05) is 4.90 Å². The number of piperidine rings is 1. The van der Waals surface area contributed by atoms with E-state index in [9.17, 15) is 4.79 Å². The fraction of sp³-hybridized carbons (Fsp3) is 0.632. The second-order valence-electron chi connectivity index (χ2n) is 6.88. The predicted molar refractivity (Wildman–Crippen MR) is 92.8 cm³/mol. The molecule has 0 radical (unpaired) electrons. The molecule has 1 aromatic rings.